The Bertz CT molecular complexity index is 2280. The third-order valence-corrected chi connectivity index (χ3v) is 10.1. The van der Waals surface area contributed by atoms with Crippen molar-refractivity contribution in [3.05, 3.63) is 127 Å². The molecule has 7 aromatic carbocycles. The molecule has 2 heterocycles. The van der Waals surface area contributed by atoms with Crippen LogP contribution in [0.1, 0.15) is 27.7 Å². The summed E-state index contributed by atoms with van der Waals surface area (Å²) in [5, 5.41) is 9.86. The zero-order chi connectivity index (χ0) is 32.9. The van der Waals surface area contributed by atoms with Gasteiger partial charge in [-0.3, -0.25) is 4.89 Å². The summed E-state index contributed by atoms with van der Waals surface area (Å²) >= 11 is 0. The van der Waals surface area contributed by atoms with Gasteiger partial charge in [0, 0.05) is 0 Å². The molecule has 2 fully saturated rings. The zero-order valence-corrected chi connectivity index (χ0v) is 27.8. The van der Waals surface area contributed by atoms with Gasteiger partial charge in [-0.2, -0.15) is 0 Å². The van der Waals surface area contributed by atoms with Crippen LogP contribution >= 0.6 is 0 Å². The predicted molar refractivity (Wildman–Crippen MR) is 201 cm³/mol. The first-order chi connectivity index (χ1) is 23.3. The third-order valence-electron chi connectivity index (χ3n) is 10.1. The van der Waals surface area contributed by atoms with Gasteiger partial charge in [0.25, 0.3) is 0 Å². The highest BCUT2D eigenvalue weighted by molar-refractivity contribution is 6.62. The molecule has 235 valence electrons. The molecule has 0 aliphatic carbocycles. The molecule has 0 amide bonds. The van der Waals surface area contributed by atoms with Crippen LogP contribution in [0.2, 0.25) is 6.32 Å². The van der Waals surface area contributed by atoms with E-state index in [2.05, 4.69) is 165 Å². The molecule has 1 radical (unpaired) electrons. The fourth-order valence-corrected chi connectivity index (χ4v) is 6.87. The lowest BCUT2D eigenvalue weighted by molar-refractivity contribution is -0.181. The summed E-state index contributed by atoms with van der Waals surface area (Å²) in [5.74, 6) is 0. The van der Waals surface area contributed by atoms with E-state index in [0.29, 0.717) is 0 Å². The lowest BCUT2D eigenvalue weighted by atomic mass is 9.76. The summed E-state index contributed by atoms with van der Waals surface area (Å²) in [4.78, 5) is 8.71. The van der Waals surface area contributed by atoms with Crippen LogP contribution in [-0.4, -0.2) is 32.4 Å². The van der Waals surface area contributed by atoms with Crippen LogP contribution in [-0.2, 0) is 19.0 Å². The van der Waals surface area contributed by atoms with Crippen molar-refractivity contribution in [2.75, 3.05) is 6.61 Å². The molecule has 2 aliphatic rings. The molecule has 2 saturated heterocycles. The summed E-state index contributed by atoms with van der Waals surface area (Å²) in [5.41, 5.74) is 5.12. The number of hydrogen-bond donors (Lipinski definition) is 0. The number of hydrogen-bond acceptors (Lipinski definition) is 4. The van der Waals surface area contributed by atoms with Crippen molar-refractivity contribution in [3.63, 3.8) is 0 Å². The SMILES string of the molecule is CC1(C)OB(c2ccc3c(-c4ccc5ccccc5c4)c4ccccc4c(-c4ccc5ccccc5c4)c3c2)OC1(C)C.[B]1CCOO1. The smallest absolute Gasteiger partial charge is 0.399 e. The van der Waals surface area contributed by atoms with Gasteiger partial charge in [0.1, 0.15) is 0 Å². The second-order valence-electron chi connectivity index (χ2n) is 13.7. The Morgan fingerprint density at radius 3 is 1.52 bits per heavy atom. The van der Waals surface area contributed by atoms with Crippen molar-refractivity contribution in [1.29, 1.82) is 0 Å². The van der Waals surface area contributed by atoms with E-state index in [-0.39, 0.29) is 0 Å². The van der Waals surface area contributed by atoms with E-state index >= 15 is 0 Å². The molecule has 0 atom stereocenters. The molecule has 6 heteroatoms. The van der Waals surface area contributed by atoms with Gasteiger partial charge in [-0.05, 0) is 117 Å². The predicted octanol–water partition coefficient (Wildman–Crippen LogP) is 9.92. The average Bonchev–Trinajstić information content (AvgIpc) is 3.76. The minimum Gasteiger partial charge on any atom is -0.399 e. The van der Waals surface area contributed by atoms with Crippen LogP contribution in [0.5, 0.6) is 0 Å². The fraction of sp³-hybridized carbons (Fsp3) is 0.190. The summed E-state index contributed by atoms with van der Waals surface area (Å²) in [6, 6.07) is 46.4. The largest absolute Gasteiger partial charge is 0.494 e. The quantitative estimate of drug-likeness (QED) is 0.111. The van der Waals surface area contributed by atoms with Crippen LogP contribution in [0.15, 0.2) is 127 Å². The van der Waals surface area contributed by atoms with Gasteiger partial charge in [-0.1, -0.05) is 115 Å². The fourth-order valence-electron chi connectivity index (χ4n) is 6.87. The van der Waals surface area contributed by atoms with E-state index in [0.717, 1.165) is 18.4 Å². The van der Waals surface area contributed by atoms with Crippen LogP contribution < -0.4 is 5.46 Å². The molecule has 48 heavy (non-hydrogen) atoms. The minimum atomic E-state index is -0.436. The molecular formula is C42H37B2O4. The van der Waals surface area contributed by atoms with E-state index in [4.69, 9.17) is 9.31 Å². The molecule has 7 aromatic rings. The first-order valence-electron chi connectivity index (χ1n) is 16.7. The lowest BCUT2D eigenvalue weighted by Crippen LogP contribution is -2.41. The van der Waals surface area contributed by atoms with Gasteiger partial charge < -0.3 is 14.1 Å². The summed E-state index contributed by atoms with van der Waals surface area (Å²) in [6.07, 6.45) is 0.931. The van der Waals surface area contributed by atoms with Gasteiger partial charge in [0.05, 0.1) is 17.8 Å². The Balaban J connectivity index is 0.000000618. The maximum absolute atomic E-state index is 6.53. The summed E-state index contributed by atoms with van der Waals surface area (Å²) in [6.45, 7) is 9.17. The highest BCUT2D eigenvalue weighted by atomic mass is 17.2. The molecule has 2 aliphatic heterocycles. The molecule has 0 aromatic heterocycles. The van der Waals surface area contributed by atoms with E-state index in [1.54, 1.807) is 7.48 Å². The Morgan fingerprint density at radius 1 is 0.521 bits per heavy atom. The molecular weight excluding hydrogens is 590 g/mol. The van der Waals surface area contributed by atoms with Crippen LogP contribution in [0.25, 0.3) is 65.3 Å². The molecule has 0 unspecified atom stereocenters. The van der Waals surface area contributed by atoms with E-state index in [9.17, 15) is 0 Å². The monoisotopic (exact) mass is 627 g/mol. The van der Waals surface area contributed by atoms with Crippen LogP contribution in [0, 0.1) is 0 Å². The van der Waals surface area contributed by atoms with Crippen LogP contribution in [0.4, 0.5) is 0 Å². The third kappa shape index (κ3) is 5.49. The topological polar surface area (TPSA) is 36.9 Å². The van der Waals surface area contributed by atoms with Crippen molar-refractivity contribution in [1.82, 2.24) is 0 Å². The second-order valence-corrected chi connectivity index (χ2v) is 13.7. The second kappa shape index (κ2) is 12.2. The van der Waals surface area contributed by atoms with Crippen molar-refractivity contribution >= 4 is 63.2 Å². The zero-order valence-electron chi connectivity index (χ0n) is 27.8. The molecule has 0 spiro atoms. The Kier molecular flexibility index (Phi) is 7.85. The minimum absolute atomic E-state index is 0.409. The molecule has 0 bridgehead atoms. The normalized spacial score (nSPS) is 16.7. The highest BCUT2D eigenvalue weighted by Gasteiger charge is 2.51. The molecule has 4 nitrogen and oxygen atoms in total. The Labute approximate surface area is 282 Å². The Hall–Kier alpha value is -4.45. The highest BCUT2D eigenvalue weighted by Crippen LogP contribution is 2.45. The van der Waals surface area contributed by atoms with Gasteiger partial charge in [0.2, 0.25) is 0 Å². The van der Waals surface area contributed by atoms with Crippen molar-refractivity contribution in [2.24, 2.45) is 0 Å². The first kappa shape index (κ1) is 30.9. The maximum atomic E-state index is 6.53. The number of benzene rings is 7. The summed E-state index contributed by atoms with van der Waals surface area (Å²) in [7, 11) is 1.20. The van der Waals surface area contributed by atoms with Gasteiger partial charge in [0.15, 0.2) is 0 Å². The van der Waals surface area contributed by atoms with Gasteiger partial charge in [-0.25, -0.2) is 0 Å². The molecule has 0 N–H and O–H groups in total. The van der Waals surface area contributed by atoms with Crippen molar-refractivity contribution in [3.8, 4) is 22.3 Å². The number of rotatable bonds is 3. The van der Waals surface area contributed by atoms with E-state index in [1.165, 1.54) is 65.3 Å². The van der Waals surface area contributed by atoms with Crippen LogP contribution in [0.3, 0.4) is 0 Å². The molecule has 0 saturated carbocycles. The average molecular weight is 627 g/mol. The van der Waals surface area contributed by atoms with Gasteiger partial charge in [-0.15, -0.1) is 0 Å². The van der Waals surface area contributed by atoms with E-state index in [1.807, 2.05) is 0 Å². The van der Waals surface area contributed by atoms with Gasteiger partial charge >= 0.3 is 14.6 Å². The van der Waals surface area contributed by atoms with Crippen molar-refractivity contribution < 1.29 is 19.0 Å². The first-order valence-corrected chi connectivity index (χ1v) is 16.7. The number of fused-ring (bicyclic) bond motifs is 4. The lowest BCUT2D eigenvalue weighted by Gasteiger charge is -2.32. The standard InChI is InChI=1S/C40H33BO2.C2H4BO2/c1-39(2)40(3,4)43-41(42-39)32-21-22-35-36(25-32)38(31-20-18-27-12-6-8-14-29(27)24-31)34-16-10-9-15-33(34)37(35)30-19-17-26-11-5-7-13-28(26)23-30;1-2-4-5-3-1/h5-25H,1-4H3;1-2H2. The Morgan fingerprint density at radius 2 is 1.02 bits per heavy atom. The van der Waals surface area contributed by atoms with Crippen molar-refractivity contribution in [2.45, 2.75) is 45.2 Å². The maximum Gasteiger partial charge on any atom is 0.494 e. The summed E-state index contributed by atoms with van der Waals surface area (Å²) < 4.78 is 13.1. The van der Waals surface area contributed by atoms with E-state index < -0.39 is 18.3 Å². The molecule has 9 rings (SSSR count).